The van der Waals surface area contributed by atoms with Crippen molar-refractivity contribution in [2.75, 3.05) is 0 Å². The Morgan fingerprint density at radius 3 is 2.32 bits per heavy atom. The van der Waals surface area contributed by atoms with Gasteiger partial charge >= 0.3 is 0 Å². The van der Waals surface area contributed by atoms with Gasteiger partial charge in [0, 0.05) is 4.90 Å². The lowest BCUT2D eigenvalue weighted by atomic mass is 9.94. The van der Waals surface area contributed by atoms with Crippen molar-refractivity contribution in [1.82, 2.24) is 0 Å². The lowest BCUT2D eigenvalue weighted by Gasteiger charge is -2.16. The molecule has 116 valence electrons. The van der Waals surface area contributed by atoms with E-state index in [4.69, 9.17) is 0 Å². The Morgan fingerprint density at radius 1 is 0.909 bits per heavy atom. The fourth-order valence-corrected chi connectivity index (χ4v) is 4.52. The molecule has 0 bridgehead atoms. The first-order chi connectivity index (χ1) is 10.8. The summed E-state index contributed by atoms with van der Waals surface area (Å²) in [5, 5.41) is 0. The minimum Gasteiger partial charge on any atom is -0.248 e. The topological polar surface area (TPSA) is 17.1 Å². The fourth-order valence-electron chi connectivity index (χ4n) is 3.22. The highest BCUT2D eigenvalue weighted by atomic mass is 32.2. The lowest BCUT2D eigenvalue weighted by Crippen LogP contribution is -2.03. The summed E-state index contributed by atoms with van der Waals surface area (Å²) in [7, 11) is -1.10. The van der Waals surface area contributed by atoms with Crippen LogP contribution in [0.3, 0.4) is 0 Å². The largest absolute Gasteiger partial charge is 0.248 e. The zero-order valence-electron chi connectivity index (χ0n) is 13.1. The summed E-state index contributed by atoms with van der Waals surface area (Å²) < 4.78 is 13.1. The molecular formula is C20H24OS. The molecule has 0 saturated heterocycles. The van der Waals surface area contributed by atoms with Gasteiger partial charge in [0.25, 0.3) is 0 Å². The molecule has 0 spiro atoms. The zero-order valence-corrected chi connectivity index (χ0v) is 14.0. The van der Waals surface area contributed by atoms with Crippen LogP contribution in [0.1, 0.15) is 57.8 Å². The van der Waals surface area contributed by atoms with Crippen LogP contribution in [-0.4, -0.2) is 4.21 Å². The average Bonchev–Trinajstić information content (AvgIpc) is 2.61. The lowest BCUT2D eigenvalue weighted by molar-refractivity contribution is 0.600. The summed E-state index contributed by atoms with van der Waals surface area (Å²) in [6.07, 6.45) is 13.0. The molecule has 0 amide bonds. The van der Waals surface area contributed by atoms with Gasteiger partial charge in [-0.15, -0.1) is 5.73 Å². The summed E-state index contributed by atoms with van der Waals surface area (Å²) in [6.45, 7) is 0. The summed E-state index contributed by atoms with van der Waals surface area (Å²) in [5.74, 6) is 0. The molecule has 0 aromatic heterocycles. The first-order valence-electron chi connectivity index (χ1n) is 8.49. The monoisotopic (exact) mass is 312 g/mol. The Balaban J connectivity index is 2.01. The van der Waals surface area contributed by atoms with Crippen molar-refractivity contribution in [2.45, 2.75) is 62.7 Å². The van der Waals surface area contributed by atoms with E-state index in [9.17, 15) is 4.21 Å². The van der Waals surface area contributed by atoms with Gasteiger partial charge in [0.05, 0.1) is 15.7 Å². The standard InChI is InChI=1S/C20H24OS/c21-22(19-14-8-3-9-15-19)20(18-12-6-2-7-13-18)16-17-10-4-1-5-11-17/h3,8-9,12,14-15H,1-2,4-7,10-11,13H2. The van der Waals surface area contributed by atoms with E-state index in [2.05, 4.69) is 11.8 Å². The molecule has 2 aliphatic carbocycles. The molecule has 1 saturated carbocycles. The maximum Gasteiger partial charge on any atom is 0.0931 e. The van der Waals surface area contributed by atoms with Crippen molar-refractivity contribution in [1.29, 1.82) is 0 Å². The van der Waals surface area contributed by atoms with Crippen molar-refractivity contribution in [2.24, 2.45) is 0 Å². The Hall–Kier alpha value is -1.37. The predicted octanol–water partition coefficient (Wildman–Crippen LogP) is 5.67. The SMILES string of the molecule is O=S(C(=C=C1CCCCC1)C1=CCCCC1)c1ccccc1. The smallest absolute Gasteiger partial charge is 0.0931 e. The van der Waals surface area contributed by atoms with Crippen LogP contribution in [0.2, 0.25) is 0 Å². The maximum absolute atomic E-state index is 13.1. The Kier molecular flexibility index (Phi) is 5.48. The van der Waals surface area contributed by atoms with Crippen molar-refractivity contribution in [3.8, 4) is 0 Å². The highest BCUT2D eigenvalue weighted by molar-refractivity contribution is 7.89. The number of hydrogen-bond acceptors (Lipinski definition) is 1. The minimum absolute atomic E-state index is 0.896. The molecule has 1 atom stereocenters. The minimum atomic E-state index is -1.10. The first-order valence-corrected chi connectivity index (χ1v) is 9.64. The van der Waals surface area contributed by atoms with E-state index in [1.54, 1.807) is 0 Å². The third-order valence-electron chi connectivity index (χ3n) is 4.47. The third-order valence-corrected chi connectivity index (χ3v) is 5.91. The zero-order chi connectivity index (χ0) is 15.2. The summed E-state index contributed by atoms with van der Waals surface area (Å²) in [6, 6.07) is 9.84. The molecule has 3 rings (SSSR count). The molecule has 1 nitrogen and oxygen atoms in total. The van der Waals surface area contributed by atoms with Gasteiger partial charge in [-0.3, -0.25) is 0 Å². The van der Waals surface area contributed by atoms with Crippen molar-refractivity contribution >= 4 is 10.8 Å². The fraction of sp³-hybridized carbons (Fsp3) is 0.450. The van der Waals surface area contributed by atoms with Crippen LogP contribution >= 0.6 is 0 Å². The predicted molar refractivity (Wildman–Crippen MR) is 93.0 cm³/mol. The van der Waals surface area contributed by atoms with E-state index in [-0.39, 0.29) is 0 Å². The van der Waals surface area contributed by atoms with E-state index >= 15 is 0 Å². The summed E-state index contributed by atoms with van der Waals surface area (Å²) in [4.78, 5) is 1.84. The summed E-state index contributed by atoms with van der Waals surface area (Å²) >= 11 is 0. The van der Waals surface area contributed by atoms with Crippen LogP contribution in [0.4, 0.5) is 0 Å². The molecule has 0 N–H and O–H groups in total. The van der Waals surface area contributed by atoms with E-state index in [0.717, 1.165) is 35.5 Å². The molecule has 2 heteroatoms. The number of allylic oxidation sites excluding steroid dienone is 2. The molecule has 0 heterocycles. The number of hydrogen-bond donors (Lipinski definition) is 0. The Bertz CT molecular complexity index is 625. The highest BCUT2D eigenvalue weighted by Crippen LogP contribution is 2.30. The van der Waals surface area contributed by atoms with E-state index in [1.165, 1.54) is 43.3 Å². The van der Waals surface area contributed by atoms with Crippen molar-refractivity contribution in [3.63, 3.8) is 0 Å². The highest BCUT2D eigenvalue weighted by Gasteiger charge is 2.17. The number of benzene rings is 1. The van der Waals surface area contributed by atoms with E-state index in [1.807, 2.05) is 30.3 Å². The molecule has 0 radical (unpaired) electrons. The third kappa shape index (κ3) is 3.88. The van der Waals surface area contributed by atoms with Gasteiger partial charge in [-0.2, -0.15) is 0 Å². The van der Waals surface area contributed by atoms with Crippen LogP contribution in [-0.2, 0) is 10.8 Å². The van der Waals surface area contributed by atoms with Gasteiger partial charge in [-0.05, 0) is 74.6 Å². The molecular weight excluding hydrogens is 288 g/mol. The van der Waals surface area contributed by atoms with Crippen LogP contribution < -0.4 is 0 Å². The second-order valence-corrected chi connectivity index (χ2v) is 7.59. The van der Waals surface area contributed by atoms with Crippen molar-refractivity contribution < 1.29 is 4.21 Å². The van der Waals surface area contributed by atoms with Crippen LogP contribution in [0.15, 0.2) is 63.1 Å². The van der Waals surface area contributed by atoms with Gasteiger partial charge in [-0.1, -0.05) is 30.7 Å². The Labute approximate surface area is 136 Å². The van der Waals surface area contributed by atoms with Gasteiger partial charge in [0.15, 0.2) is 0 Å². The molecule has 1 unspecified atom stereocenters. The maximum atomic E-state index is 13.1. The molecule has 1 aromatic rings. The second-order valence-electron chi connectivity index (χ2n) is 6.18. The average molecular weight is 312 g/mol. The van der Waals surface area contributed by atoms with Crippen molar-refractivity contribution in [3.05, 3.63) is 58.2 Å². The van der Waals surface area contributed by atoms with Crippen LogP contribution in [0.25, 0.3) is 0 Å². The van der Waals surface area contributed by atoms with Gasteiger partial charge in [0.2, 0.25) is 0 Å². The van der Waals surface area contributed by atoms with Crippen LogP contribution in [0, 0.1) is 0 Å². The quantitative estimate of drug-likeness (QED) is 0.657. The molecule has 1 aromatic carbocycles. The molecule has 2 aliphatic rings. The Morgan fingerprint density at radius 2 is 1.64 bits per heavy atom. The molecule has 0 aliphatic heterocycles. The van der Waals surface area contributed by atoms with Gasteiger partial charge < -0.3 is 0 Å². The van der Waals surface area contributed by atoms with Crippen LogP contribution in [0.5, 0.6) is 0 Å². The molecule has 22 heavy (non-hydrogen) atoms. The molecule has 1 fully saturated rings. The van der Waals surface area contributed by atoms with Gasteiger partial charge in [0.1, 0.15) is 0 Å². The van der Waals surface area contributed by atoms with E-state index in [0.29, 0.717) is 0 Å². The first kappa shape index (κ1) is 15.5. The normalized spacial score (nSPS) is 20.0. The van der Waals surface area contributed by atoms with Gasteiger partial charge in [-0.25, -0.2) is 4.21 Å². The summed E-state index contributed by atoms with van der Waals surface area (Å²) in [5.41, 5.74) is 6.23. The number of rotatable bonds is 3. The van der Waals surface area contributed by atoms with E-state index < -0.39 is 10.8 Å². The second kappa shape index (κ2) is 7.76.